The minimum Gasteiger partial charge on any atom is -0.356 e. The highest BCUT2D eigenvalue weighted by atomic mass is 32.2. The molecule has 128 valence electrons. The molecule has 4 rings (SSSR count). The molecule has 2 aromatic heterocycles. The van der Waals surface area contributed by atoms with Gasteiger partial charge in [0.05, 0.1) is 11.1 Å². The molecule has 1 aliphatic carbocycles. The van der Waals surface area contributed by atoms with Crippen LogP contribution in [0.2, 0.25) is 0 Å². The van der Waals surface area contributed by atoms with Crippen molar-refractivity contribution in [2.45, 2.75) is 18.9 Å². The molecule has 1 amide bonds. The molecule has 1 aliphatic heterocycles. The molecule has 2 unspecified atom stereocenters. The van der Waals surface area contributed by atoms with Crippen molar-refractivity contribution < 1.29 is 4.79 Å². The van der Waals surface area contributed by atoms with Crippen molar-refractivity contribution in [2.75, 3.05) is 37.0 Å². The first kappa shape index (κ1) is 15.7. The summed E-state index contributed by atoms with van der Waals surface area (Å²) in [5.74, 6) is 3.17. The minimum absolute atomic E-state index is 0.298. The molecule has 24 heavy (non-hydrogen) atoms. The Morgan fingerprint density at radius 2 is 2.12 bits per heavy atom. The average molecular weight is 345 g/mol. The summed E-state index contributed by atoms with van der Waals surface area (Å²) >= 11 is 1.61. The third kappa shape index (κ3) is 2.64. The molecule has 1 N–H and O–H groups in total. The number of H-pyrrole nitrogens is 1. The summed E-state index contributed by atoms with van der Waals surface area (Å²) in [4.78, 5) is 28.4. The number of likely N-dealkylation sites (tertiary alicyclic amines) is 1. The minimum atomic E-state index is 0.298. The maximum Gasteiger partial charge on any atom is 0.232 e. The monoisotopic (exact) mass is 345 g/mol. The standard InChI is InChI=1S/C17H23N5OS/c1-21(17-14-3-4-18-16(14)19-10-20-17)13-5-11-7-22(8-12(11)6-13)15(23)9-24-2/h3-4,10-13H,5-9H2,1-2H3,(H,18,19,20)/t11-,12?,13?/m1/s1. The second-order valence-electron chi connectivity index (χ2n) is 6.93. The summed E-state index contributed by atoms with van der Waals surface area (Å²) in [5, 5.41) is 1.08. The van der Waals surface area contributed by atoms with Gasteiger partial charge in [-0.05, 0) is 37.0 Å². The Bertz CT molecular complexity index is 733. The Hall–Kier alpha value is -1.76. The van der Waals surface area contributed by atoms with E-state index < -0.39 is 0 Å². The third-order valence-electron chi connectivity index (χ3n) is 5.56. The zero-order chi connectivity index (χ0) is 16.7. The van der Waals surface area contributed by atoms with Crippen LogP contribution in [-0.4, -0.2) is 63.9 Å². The van der Waals surface area contributed by atoms with E-state index >= 15 is 0 Å². The Balaban J connectivity index is 1.45. The summed E-state index contributed by atoms with van der Waals surface area (Å²) in [6.45, 7) is 1.86. The summed E-state index contributed by atoms with van der Waals surface area (Å²) in [6, 6.07) is 2.53. The van der Waals surface area contributed by atoms with E-state index in [9.17, 15) is 4.79 Å². The van der Waals surface area contributed by atoms with Crippen LogP contribution >= 0.6 is 11.8 Å². The van der Waals surface area contributed by atoms with Crippen LogP contribution in [0, 0.1) is 11.8 Å². The molecule has 2 aliphatic rings. The summed E-state index contributed by atoms with van der Waals surface area (Å²) in [6.07, 6.45) is 7.81. The second-order valence-corrected chi connectivity index (χ2v) is 7.79. The quantitative estimate of drug-likeness (QED) is 0.918. The molecular formula is C17H23N5OS. The van der Waals surface area contributed by atoms with E-state index in [4.69, 9.17) is 0 Å². The van der Waals surface area contributed by atoms with Gasteiger partial charge in [0.2, 0.25) is 5.91 Å². The molecule has 1 saturated carbocycles. The van der Waals surface area contributed by atoms with Crippen molar-refractivity contribution in [1.82, 2.24) is 19.9 Å². The highest BCUT2D eigenvalue weighted by molar-refractivity contribution is 7.99. The number of fused-ring (bicyclic) bond motifs is 2. The van der Waals surface area contributed by atoms with E-state index in [0.29, 0.717) is 29.5 Å². The SMILES string of the molecule is CSCC(=O)N1CC2CC(N(C)c3ncnc4[nH]ccc34)C[C@@H]2C1. The topological polar surface area (TPSA) is 65.1 Å². The molecule has 0 bridgehead atoms. The fourth-order valence-corrected chi connectivity index (χ4v) is 4.74. The zero-order valence-corrected chi connectivity index (χ0v) is 14.9. The van der Waals surface area contributed by atoms with Gasteiger partial charge < -0.3 is 14.8 Å². The first-order chi connectivity index (χ1) is 11.7. The first-order valence-electron chi connectivity index (χ1n) is 8.45. The number of hydrogen-bond acceptors (Lipinski definition) is 5. The van der Waals surface area contributed by atoms with Gasteiger partial charge in [-0.2, -0.15) is 11.8 Å². The molecule has 0 aromatic carbocycles. The van der Waals surface area contributed by atoms with E-state index in [1.807, 2.05) is 18.5 Å². The molecule has 0 radical (unpaired) electrons. The van der Waals surface area contributed by atoms with Gasteiger partial charge in [-0.3, -0.25) is 4.79 Å². The van der Waals surface area contributed by atoms with E-state index in [1.54, 1.807) is 18.1 Å². The maximum atomic E-state index is 12.1. The van der Waals surface area contributed by atoms with E-state index in [2.05, 4.69) is 31.8 Å². The lowest BCUT2D eigenvalue weighted by atomic mass is 10.0. The van der Waals surface area contributed by atoms with Gasteiger partial charge in [-0.1, -0.05) is 0 Å². The zero-order valence-electron chi connectivity index (χ0n) is 14.1. The van der Waals surface area contributed by atoms with Crippen molar-refractivity contribution in [1.29, 1.82) is 0 Å². The molecule has 6 nitrogen and oxygen atoms in total. The van der Waals surface area contributed by atoms with Gasteiger partial charge in [0.1, 0.15) is 17.8 Å². The fourth-order valence-electron chi connectivity index (χ4n) is 4.32. The molecule has 1 saturated heterocycles. The van der Waals surface area contributed by atoms with E-state index in [1.165, 1.54) is 0 Å². The number of hydrogen-bond donors (Lipinski definition) is 1. The Morgan fingerprint density at radius 1 is 1.38 bits per heavy atom. The number of thioether (sulfide) groups is 1. The molecular weight excluding hydrogens is 322 g/mol. The van der Waals surface area contributed by atoms with Crippen molar-refractivity contribution in [3.05, 3.63) is 18.6 Å². The highest BCUT2D eigenvalue weighted by Gasteiger charge is 2.43. The molecule has 3 atom stereocenters. The molecule has 7 heteroatoms. The van der Waals surface area contributed by atoms with Crippen molar-refractivity contribution >= 4 is 34.5 Å². The van der Waals surface area contributed by atoms with E-state index in [-0.39, 0.29) is 0 Å². The van der Waals surface area contributed by atoms with Crippen LogP contribution in [0.15, 0.2) is 18.6 Å². The van der Waals surface area contributed by atoms with Crippen LogP contribution in [0.3, 0.4) is 0 Å². The lowest BCUT2D eigenvalue weighted by molar-refractivity contribution is -0.127. The Labute approximate surface area is 146 Å². The predicted octanol–water partition coefficient (Wildman–Crippen LogP) is 1.99. The van der Waals surface area contributed by atoms with Crippen LogP contribution in [0.1, 0.15) is 12.8 Å². The van der Waals surface area contributed by atoms with Crippen LogP contribution < -0.4 is 4.90 Å². The number of amides is 1. The van der Waals surface area contributed by atoms with Crippen molar-refractivity contribution in [3.63, 3.8) is 0 Å². The largest absolute Gasteiger partial charge is 0.356 e. The summed E-state index contributed by atoms with van der Waals surface area (Å²) in [7, 11) is 2.14. The molecule has 3 heterocycles. The number of carbonyl (C=O) groups is 1. The van der Waals surface area contributed by atoms with Gasteiger partial charge in [0, 0.05) is 32.4 Å². The summed E-state index contributed by atoms with van der Waals surface area (Å²) in [5.41, 5.74) is 0.888. The molecule has 2 fully saturated rings. The number of anilines is 1. The molecule has 2 aromatic rings. The fraction of sp³-hybridized carbons (Fsp3) is 0.588. The van der Waals surface area contributed by atoms with Gasteiger partial charge >= 0.3 is 0 Å². The van der Waals surface area contributed by atoms with Gasteiger partial charge in [-0.25, -0.2) is 9.97 Å². The number of nitrogens with one attached hydrogen (secondary N) is 1. The van der Waals surface area contributed by atoms with Gasteiger partial charge in [0.25, 0.3) is 0 Å². The average Bonchev–Trinajstić information content (AvgIpc) is 3.27. The number of aromatic nitrogens is 3. The Morgan fingerprint density at radius 3 is 2.83 bits per heavy atom. The third-order valence-corrected chi connectivity index (χ3v) is 6.10. The molecule has 0 spiro atoms. The lowest BCUT2D eigenvalue weighted by Crippen LogP contribution is -2.35. The number of aromatic amines is 1. The van der Waals surface area contributed by atoms with Crippen LogP contribution in [0.25, 0.3) is 11.0 Å². The lowest BCUT2D eigenvalue weighted by Gasteiger charge is -2.28. The number of rotatable bonds is 4. The van der Waals surface area contributed by atoms with Crippen LogP contribution in [0.5, 0.6) is 0 Å². The number of carbonyl (C=O) groups excluding carboxylic acids is 1. The predicted molar refractivity (Wildman–Crippen MR) is 97.3 cm³/mol. The number of nitrogens with zero attached hydrogens (tertiary/aromatic N) is 4. The van der Waals surface area contributed by atoms with Crippen LogP contribution in [-0.2, 0) is 4.79 Å². The normalized spacial score (nSPS) is 26.1. The van der Waals surface area contributed by atoms with Crippen molar-refractivity contribution in [2.24, 2.45) is 11.8 Å². The maximum absolute atomic E-state index is 12.1. The van der Waals surface area contributed by atoms with Crippen LogP contribution in [0.4, 0.5) is 5.82 Å². The highest BCUT2D eigenvalue weighted by Crippen LogP contribution is 2.41. The summed E-state index contributed by atoms with van der Waals surface area (Å²) < 4.78 is 0. The second kappa shape index (κ2) is 6.27. The van der Waals surface area contributed by atoms with Crippen molar-refractivity contribution in [3.8, 4) is 0 Å². The first-order valence-corrected chi connectivity index (χ1v) is 9.84. The smallest absolute Gasteiger partial charge is 0.232 e. The van der Waals surface area contributed by atoms with Gasteiger partial charge in [-0.15, -0.1) is 0 Å². The van der Waals surface area contributed by atoms with Gasteiger partial charge in [0.15, 0.2) is 0 Å². The Kier molecular flexibility index (Phi) is 4.12. The van der Waals surface area contributed by atoms with E-state index in [0.717, 1.165) is 42.8 Å².